The highest BCUT2D eigenvalue weighted by Crippen LogP contribution is 1.91. The topological polar surface area (TPSA) is 84.7 Å². The number of primary amides is 1. The number of amides is 2. The van der Waals surface area contributed by atoms with Gasteiger partial charge in [-0.2, -0.15) is 0 Å². The predicted molar refractivity (Wildman–Crippen MR) is 60.8 cm³/mol. The Morgan fingerprint density at radius 3 is 2.56 bits per heavy atom. The van der Waals surface area contributed by atoms with E-state index in [1.54, 1.807) is 19.0 Å². The van der Waals surface area contributed by atoms with Gasteiger partial charge in [-0.1, -0.05) is 0 Å². The number of hydrogen-bond donors (Lipinski definition) is 2. The predicted octanol–water partition coefficient (Wildman–Crippen LogP) is -1.05. The molecule has 0 aliphatic heterocycles. The number of rotatable bonds is 9. The molecule has 0 bridgehead atoms. The Morgan fingerprint density at radius 1 is 1.31 bits per heavy atom. The van der Waals surface area contributed by atoms with E-state index in [4.69, 9.17) is 10.5 Å². The SMILES string of the molecule is CN(C)C(=O)CCCNCCOCC(N)=O. The third-order valence-corrected chi connectivity index (χ3v) is 1.91. The van der Waals surface area contributed by atoms with Crippen LogP contribution in [0.2, 0.25) is 0 Å². The quantitative estimate of drug-likeness (QED) is 0.496. The summed E-state index contributed by atoms with van der Waals surface area (Å²) in [5.74, 6) is -0.330. The number of nitrogens with two attached hydrogens (primary N) is 1. The van der Waals surface area contributed by atoms with E-state index in [1.165, 1.54) is 0 Å². The molecule has 3 N–H and O–H groups in total. The molecule has 0 atom stereocenters. The molecule has 0 aromatic carbocycles. The lowest BCUT2D eigenvalue weighted by atomic mass is 10.3. The van der Waals surface area contributed by atoms with Crippen LogP contribution >= 0.6 is 0 Å². The minimum atomic E-state index is -0.462. The average Bonchev–Trinajstić information content (AvgIpc) is 2.21. The highest BCUT2D eigenvalue weighted by atomic mass is 16.5. The maximum absolute atomic E-state index is 11.2. The molecule has 0 rings (SSSR count). The maximum atomic E-state index is 11.2. The van der Waals surface area contributed by atoms with Crippen molar-refractivity contribution in [2.24, 2.45) is 5.73 Å². The van der Waals surface area contributed by atoms with Crippen LogP contribution in [-0.4, -0.2) is 57.1 Å². The molecule has 0 saturated carbocycles. The summed E-state index contributed by atoms with van der Waals surface area (Å²) in [6.07, 6.45) is 1.34. The van der Waals surface area contributed by atoms with Crippen LogP contribution in [0.15, 0.2) is 0 Å². The fourth-order valence-electron chi connectivity index (χ4n) is 1.03. The second kappa shape index (κ2) is 9.11. The van der Waals surface area contributed by atoms with Crippen LogP contribution < -0.4 is 11.1 Å². The van der Waals surface area contributed by atoms with Crippen LogP contribution in [0.3, 0.4) is 0 Å². The van der Waals surface area contributed by atoms with E-state index < -0.39 is 5.91 Å². The van der Waals surface area contributed by atoms with Gasteiger partial charge in [-0.3, -0.25) is 9.59 Å². The Kier molecular flexibility index (Phi) is 8.46. The molecule has 0 heterocycles. The molecule has 0 fully saturated rings. The summed E-state index contributed by atoms with van der Waals surface area (Å²) in [4.78, 5) is 23.1. The number of hydrogen-bond acceptors (Lipinski definition) is 4. The Hall–Kier alpha value is -1.14. The average molecular weight is 231 g/mol. The smallest absolute Gasteiger partial charge is 0.243 e. The third-order valence-electron chi connectivity index (χ3n) is 1.91. The van der Waals surface area contributed by atoms with Gasteiger partial charge in [-0.15, -0.1) is 0 Å². The zero-order valence-corrected chi connectivity index (χ0v) is 9.99. The van der Waals surface area contributed by atoms with E-state index in [2.05, 4.69) is 5.32 Å². The van der Waals surface area contributed by atoms with E-state index in [9.17, 15) is 9.59 Å². The van der Waals surface area contributed by atoms with E-state index in [1.807, 2.05) is 0 Å². The molecular weight excluding hydrogens is 210 g/mol. The normalized spacial score (nSPS) is 10.1. The molecule has 94 valence electrons. The first-order valence-corrected chi connectivity index (χ1v) is 5.31. The van der Waals surface area contributed by atoms with Crippen molar-refractivity contribution >= 4 is 11.8 Å². The minimum absolute atomic E-state index is 0.0409. The number of carbonyl (C=O) groups excluding carboxylic acids is 2. The Balaban J connectivity index is 3.16. The highest BCUT2D eigenvalue weighted by Gasteiger charge is 2.02. The number of ether oxygens (including phenoxy) is 1. The molecule has 6 heteroatoms. The summed E-state index contributed by atoms with van der Waals surface area (Å²) in [5.41, 5.74) is 4.89. The molecule has 16 heavy (non-hydrogen) atoms. The molecule has 0 unspecified atom stereocenters. The van der Waals surface area contributed by atoms with Crippen molar-refractivity contribution < 1.29 is 14.3 Å². The molecule has 0 spiro atoms. The van der Waals surface area contributed by atoms with Gasteiger partial charge in [0, 0.05) is 27.1 Å². The molecule has 0 saturated heterocycles. The Bertz CT molecular complexity index is 219. The molecule has 6 nitrogen and oxygen atoms in total. The first-order valence-electron chi connectivity index (χ1n) is 5.31. The van der Waals surface area contributed by atoms with Crippen molar-refractivity contribution in [3.8, 4) is 0 Å². The number of nitrogens with one attached hydrogen (secondary N) is 1. The molecule has 0 radical (unpaired) electrons. The summed E-state index contributed by atoms with van der Waals surface area (Å²) in [6, 6.07) is 0. The van der Waals surface area contributed by atoms with Crippen molar-refractivity contribution in [2.45, 2.75) is 12.8 Å². The standard InChI is InChI=1S/C10H21N3O3/c1-13(2)10(15)4-3-5-12-6-7-16-8-9(11)14/h12H,3-8H2,1-2H3,(H2,11,14). The molecule has 0 aliphatic rings. The zero-order valence-electron chi connectivity index (χ0n) is 9.99. The molecule has 0 aromatic rings. The second-order valence-electron chi connectivity index (χ2n) is 3.66. The van der Waals surface area contributed by atoms with Gasteiger partial charge in [-0.25, -0.2) is 0 Å². The van der Waals surface area contributed by atoms with Gasteiger partial charge >= 0.3 is 0 Å². The van der Waals surface area contributed by atoms with Gasteiger partial charge in [0.2, 0.25) is 11.8 Å². The highest BCUT2D eigenvalue weighted by molar-refractivity contribution is 5.75. The van der Waals surface area contributed by atoms with Gasteiger partial charge in [-0.05, 0) is 13.0 Å². The van der Waals surface area contributed by atoms with Crippen LogP contribution in [0.4, 0.5) is 0 Å². The van der Waals surface area contributed by atoms with E-state index in [-0.39, 0.29) is 12.5 Å². The summed E-state index contributed by atoms with van der Waals surface area (Å²) in [5, 5.41) is 3.11. The third kappa shape index (κ3) is 9.42. The van der Waals surface area contributed by atoms with Crippen molar-refractivity contribution in [1.82, 2.24) is 10.2 Å². The van der Waals surface area contributed by atoms with Crippen LogP contribution in [-0.2, 0) is 14.3 Å². The molecule has 0 aromatic heterocycles. The first kappa shape index (κ1) is 14.9. The Labute approximate surface area is 96.1 Å². The first-order chi connectivity index (χ1) is 7.54. The van der Waals surface area contributed by atoms with Gasteiger partial charge < -0.3 is 20.7 Å². The summed E-state index contributed by atoms with van der Waals surface area (Å²) in [6.45, 7) is 1.83. The van der Waals surface area contributed by atoms with Crippen LogP contribution in [0.25, 0.3) is 0 Å². The summed E-state index contributed by atoms with van der Waals surface area (Å²) in [7, 11) is 3.49. The lowest BCUT2D eigenvalue weighted by molar-refractivity contribution is -0.128. The minimum Gasteiger partial charge on any atom is -0.370 e. The van der Waals surface area contributed by atoms with Crippen molar-refractivity contribution in [2.75, 3.05) is 40.4 Å². The number of carbonyl (C=O) groups is 2. The Morgan fingerprint density at radius 2 is 2.00 bits per heavy atom. The van der Waals surface area contributed by atoms with Crippen molar-refractivity contribution in [3.05, 3.63) is 0 Å². The van der Waals surface area contributed by atoms with Gasteiger partial charge in [0.25, 0.3) is 0 Å². The zero-order chi connectivity index (χ0) is 12.4. The lowest BCUT2D eigenvalue weighted by Crippen LogP contribution is -2.26. The van der Waals surface area contributed by atoms with Gasteiger partial charge in [0.05, 0.1) is 6.61 Å². The molecular formula is C10H21N3O3. The lowest BCUT2D eigenvalue weighted by Gasteiger charge is -2.10. The largest absolute Gasteiger partial charge is 0.370 e. The van der Waals surface area contributed by atoms with Gasteiger partial charge in [0.15, 0.2) is 0 Å². The van der Waals surface area contributed by atoms with Gasteiger partial charge in [0.1, 0.15) is 6.61 Å². The van der Waals surface area contributed by atoms with Crippen LogP contribution in [0.1, 0.15) is 12.8 Å². The van der Waals surface area contributed by atoms with E-state index in [0.717, 1.165) is 13.0 Å². The fraction of sp³-hybridized carbons (Fsp3) is 0.800. The van der Waals surface area contributed by atoms with E-state index >= 15 is 0 Å². The fourth-order valence-corrected chi connectivity index (χ4v) is 1.03. The maximum Gasteiger partial charge on any atom is 0.243 e. The number of nitrogens with zero attached hydrogens (tertiary/aromatic N) is 1. The van der Waals surface area contributed by atoms with Crippen molar-refractivity contribution in [1.29, 1.82) is 0 Å². The molecule has 2 amide bonds. The summed E-state index contributed by atoms with van der Waals surface area (Å²) < 4.78 is 4.95. The monoisotopic (exact) mass is 231 g/mol. The summed E-state index contributed by atoms with van der Waals surface area (Å²) >= 11 is 0. The van der Waals surface area contributed by atoms with Crippen molar-refractivity contribution in [3.63, 3.8) is 0 Å². The molecule has 0 aliphatic carbocycles. The van der Waals surface area contributed by atoms with Crippen LogP contribution in [0.5, 0.6) is 0 Å². The van der Waals surface area contributed by atoms with E-state index in [0.29, 0.717) is 19.6 Å². The second-order valence-corrected chi connectivity index (χ2v) is 3.66. The van der Waals surface area contributed by atoms with Crippen LogP contribution in [0, 0.1) is 0 Å².